The van der Waals surface area contributed by atoms with Gasteiger partial charge in [0.05, 0.1) is 13.7 Å². The maximum atomic E-state index is 12.4. The lowest BCUT2D eigenvalue weighted by Gasteiger charge is -2.15. The average Bonchev–Trinajstić information content (AvgIpc) is 2.69. The lowest BCUT2D eigenvalue weighted by atomic mass is 10.1. The normalized spacial score (nSPS) is 10.1. The van der Waals surface area contributed by atoms with Crippen molar-refractivity contribution in [1.29, 1.82) is 0 Å². The summed E-state index contributed by atoms with van der Waals surface area (Å²) in [5.41, 5.74) is 8.81. The van der Waals surface area contributed by atoms with Gasteiger partial charge in [-0.05, 0) is 67.9 Å². The van der Waals surface area contributed by atoms with Crippen molar-refractivity contribution >= 4 is 28.9 Å². The third-order valence-corrected chi connectivity index (χ3v) is 4.32. The van der Waals surface area contributed by atoms with Crippen LogP contribution in [0.3, 0.4) is 0 Å². The van der Waals surface area contributed by atoms with Crippen LogP contribution in [0, 0.1) is 13.8 Å². The maximum absolute atomic E-state index is 12.4. The minimum Gasteiger partial charge on any atom is -0.493 e. The highest BCUT2D eigenvalue weighted by Gasteiger charge is 2.12. The number of hydrazine groups is 1. The predicted molar refractivity (Wildman–Crippen MR) is 116 cm³/mol. The molecule has 0 saturated carbocycles. The Kier molecular flexibility index (Phi) is 8.07. The molecule has 2 aromatic rings. The van der Waals surface area contributed by atoms with E-state index in [2.05, 4.69) is 23.1 Å². The number of carbonyl (C=O) groups excluding carboxylic acids is 1. The molecule has 0 radical (unpaired) electrons. The number of ether oxygens (including phenoxy) is 2. The molecule has 2 aromatic carbocycles. The monoisotopic (exact) mass is 401 g/mol. The summed E-state index contributed by atoms with van der Waals surface area (Å²) in [6.07, 6.45) is 2.00. The fraction of sp³-hybridized carbons (Fsp3) is 0.333. The summed E-state index contributed by atoms with van der Waals surface area (Å²) in [6, 6.07) is 11.1. The highest BCUT2D eigenvalue weighted by Crippen LogP contribution is 2.28. The average molecular weight is 402 g/mol. The van der Waals surface area contributed by atoms with Gasteiger partial charge in [0.15, 0.2) is 16.6 Å². The molecule has 0 aromatic heterocycles. The Balaban J connectivity index is 1.94. The molecule has 6 nitrogen and oxygen atoms in total. The molecule has 0 unspecified atom stereocenters. The second kappa shape index (κ2) is 10.5. The molecule has 0 spiro atoms. The van der Waals surface area contributed by atoms with Gasteiger partial charge in [0, 0.05) is 11.3 Å². The molecule has 0 atom stereocenters. The van der Waals surface area contributed by atoms with E-state index in [1.165, 1.54) is 0 Å². The number of anilines is 1. The van der Waals surface area contributed by atoms with Gasteiger partial charge in [0.25, 0.3) is 5.91 Å². The number of amides is 1. The molecule has 0 heterocycles. The van der Waals surface area contributed by atoms with E-state index in [1.54, 1.807) is 25.3 Å². The molecule has 150 valence electrons. The first kappa shape index (κ1) is 21.5. The second-order valence-corrected chi connectivity index (χ2v) is 6.83. The molecule has 0 aliphatic heterocycles. The van der Waals surface area contributed by atoms with Crippen LogP contribution in [0.4, 0.5) is 5.69 Å². The number of carbonyl (C=O) groups is 1. The van der Waals surface area contributed by atoms with Crippen LogP contribution in [0.1, 0.15) is 41.3 Å². The number of hydrogen-bond donors (Lipinski definition) is 3. The van der Waals surface area contributed by atoms with E-state index in [1.807, 2.05) is 32.0 Å². The summed E-state index contributed by atoms with van der Waals surface area (Å²) in [5.74, 6) is 0.802. The number of unbranched alkanes of at least 4 members (excludes halogenated alkanes) is 1. The summed E-state index contributed by atoms with van der Waals surface area (Å²) >= 11 is 5.25. The van der Waals surface area contributed by atoms with Gasteiger partial charge in [-0.3, -0.25) is 15.6 Å². The maximum Gasteiger partial charge on any atom is 0.269 e. The zero-order valence-corrected chi connectivity index (χ0v) is 17.5. The van der Waals surface area contributed by atoms with Crippen LogP contribution in [0.2, 0.25) is 0 Å². The Hall–Kier alpha value is -2.80. The smallest absolute Gasteiger partial charge is 0.269 e. The number of methoxy groups -OCH3 is 1. The van der Waals surface area contributed by atoms with E-state index in [0.717, 1.165) is 29.7 Å². The summed E-state index contributed by atoms with van der Waals surface area (Å²) in [5, 5.41) is 3.38. The molecule has 7 heteroatoms. The molecule has 3 N–H and O–H groups in total. The van der Waals surface area contributed by atoms with Crippen molar-refractivity contribution in [3.63, 3.8) is 0 Å². The Bertz CT molecular complexity index is 840. The Morgan fingerprint density at radius 2 is 1.86 bits per heavy atom. The van der Waals surface area contributed by atoms with E-state index in [9.17, 15) is 4.79 Å². The van der Waals surface area contributed by atoms with Gasteiger partial charge in [-0.25, -0.2) is 0 Å². The van der Waals surface area contributed by atoms with E-state index in [0.29, 0.717) is 28.8 Å². The van der Waals surface area contributed by atoms with Gasteiger partial charge in [-0.1, -0.05) is 25.5 Å². The molecular formula is C21H27N3O3S. The minimum absolute atomic E-state index is 0.300. The van der Waals surface area contributed by atoms with Gasteiger partial charge >= 0.3 is 0 Å². The molecule has 0 saturated heterocycles. The Morgan fingerprint density at radius 3 is 2.57 bits per heavy atom. The van der Waals surface area contributed by atoms with Crippen LogP contribution in [-0.4, -0.2) is 24.7 Å². The quantitative estimate of drug-likeness (QED) is 0.368. The SMILES string of the molecule is CCCCOc1ccc(C(=O)NNC(=S)Nc2cc(C)ccc2C)cc1OC. The van der Waals surface area contributed by atoms with Crippen LogP contribution < -0.4 is 25.6 Å². The molecule has 1 amide bonds. The fourth-order valence-corrected chi connectivity index (χ4v) is 2.63. The van der Waals surface area contributed by atoms with Crippen LogP contribution >= 0.6 is 12.2 Å². The molecule has 28 heavy (non-hydrogen) atoms. The number of hydrogen-bond acceptors (Lipinski definition) is 4. The largest absolute Gasteiger partial charge is 0.493 e. The van der Waals surface area contributed by atoms with Gasteiger partial charge in [0.2, 0.25) is 0 Å². The van der Waals surface area contributed by atoms with Crippen molar-refractivity contribution < 1.29 is 14.3 Å². The van der Waals surface area contributed by atoms with Crippen molar-refractivity contribution in [3.8, 4) is 11.5 Å². The summed E-state index contributed by atoms with van der Waals surface area (Å²) in [4.78, 5) is 12.4. The zero-order chi connectivity index (χ0) is 20.5. The Labute approximate surface area is 171 Å². The standard InChI is InChI=1S/C21H27N3O3S/c1-5-6-11-27-18-10-9-16(13-19(18)26-4)20(25)23-24-21(28)22-17-12-14(2)7-8-15(17)3/h7-10,12-13H,5-6,11H2,1-4H3,(H,23,25)(H2,22,24,28). The molecular weight excluding hydrogens is 374 g/mol. The fourth-order valence-electron chi connectivity index (χ4n) is 2.46. The molecule has 0 bridgehead atoms. The second-order valence-electron chi connectivity index (χ2n) is 6.42. The molecule has 2 rings (SSSR count). The van der Waals surface area contributed by atoms with Gasteiger partial charge in [0.1, 0.15) is 0 Å². The van der Waals surface area contributed by atoms with Crippen LogP contribution in [0.25, 0.3) is 0 Å². The number of nitrogens with one attached hydrogen (secondary N) is 3. The highest BCUT2D eigenvalue weighted by molar-refractivity contribution is 7.80. The number of benzene rings is 2. The third kappa shape index (κ3) is 6.13. The highest BCUT2D eigenvalue weighted by atomic mass is 32.1. The minimum atomic E-state index is -0.330. The van der Waals surface area contributed by atoms with Crippen LogP contribution in [0.15, 0.2) is 36.4 Å². The molecule has 0 aliphatic rings. The Morgan fingerprint density at radius 1 is 1.07 bits per heavy atom. The number of aryl methyl sites for hydroxylation is 2. The van der Waals surface area contributed by atoms with E-state index in [4.69, 9.17) is 21.7 Å². The predicted octanol–water partition coefficient (Wildman–Crippen LogP) is 4.12. The number of thiocarbonyl (C=S) groups is 1. The van der Waals surface area contributed by atoms with Crippen molar-refractivity contribution in [2.45, 2.75) is 33.6 Å². The zero-order valence-electron chi connectivity index (χ0n) is 16.7. The van der Waals surface area contributed by atoms with Crippen molar-refractivity contribution in [2.24, 2.45) is 0 Å². The van der Waals surface area contributed by atoms with Crippen molar-refractivity contribution in [1.82, 2.24) is 10.9 Å². The van der Waals surface area contributed by atoms with E-state index in [-0.39, 0.29) is 5.91 Å². The summed E-state index contributed by atoms with van der Waals surface area (Å²) in [7, 11) is 1.55. The van der Waals surface area contributed by atoms with Gasteiger partial charge < -0.3 is 14.8 Å². The van der Waals surface area contributed by atoms with Gasteiger partial charge in [-0.2, -0.15) is 0 Å². The summed E-state index contributed by atoms with van der Waals surface area (Å²) < 4.78 is 11.0. The molecule has 0 aliphatic carbocycles. The van der Waals surface area contributed by atoms with Crippen molar-refractivity contribution in [3.05, 3.63) is 53.1 Å². The van der Waals surface area contributed by atoms with Crippen LogP contribution in [-0.2, 0) is 0 Å². The van der Waals surface area contributed by atoms with E-state index < -0.39 is 0 Å². The van der Waals surface area contributed by atoms with Gasteiger partial charge in [-0.15, -0.1) is 0 Å². The number of rotatable bonds is 7. The van der Waals surface area contributed by atoms with Crippen molar-refractivity contribution in [2.75, 3.05) is 19.0 Å². The first-order valence-corrected chi connectivity index (χ1v) is 9.60. The topological polar surface area (TPSA) is 71.6 Å². The van der Waals surface area contributed by atoms with Crippen LogP contribution in [0.5, 0.6) is 11.5 Å². The molecule has 0 fully saturated rings. The van der Waals surface area contributed by atoms with E-state index >= 15 is 0 Å². The third-order valence-electron chi connectivity index (χ3n) is 4.11. The summed E-state index contributed by atoms with van der Waals surface area (Å²) in [6.45, 7) is 6.70. The lowest BCUT2D eigenvalue weighted by Crippen LogP contribution is -2.43. The first-order chi connectivity index (χ1) is 13.4. The first-order valence-electron chi connectivity index (χ1n) is 9.20. The lowest BCUT2D eigenvalue weighted by molar-refractivity contribution is 0.0943.